The van der Waals surface area contributed by atoms with Crippen LogP contribution in [0.4, 0.5) is 0 Å². The molecule has 0 radical (unpaired) electrons. The molecule has 170 valence electrons. The highest BCUT2D eigenvalue weighted by atomic mass is 16.5. The van der Waals surface area contributed by atoms with Gasteiger partial charge in [-0.3, -0.25) is 0 Å². The lowest BCUT2D eigenvalue weighted by molar-refractivity contribution is 0.217. The molecule has 1 aliphatic rings. The molecule has 0 bridgehead atoms. The molecule has 0 amide bonds. The molecule has 3 aromatic rings. The van der Waals surface area contributed by atoms with Crippen molar-refractivity contribution in [2.75, 3.05) is 33.4 Å². The van der Waals surface area contributed by atoms with Gasteiger partial charge in [-0.05, 0) is 73.8 Å². The molecule has 0 saturated carbocycles. The van der Waals surface area contributed by atoms with Gasteiger partial charge >= 0.3 is 0 Å². The minimum absolute atomic E-state index is 0.117. The lowest BCUT2D eigenvalue weighted by Gasteiger charge is -2.22. The van der Waals surface area contributed by atoms with Crippen LogP contribution in [0.5, 0.6) is 11.5 Å². The number of nitrogens with zero attached hydrogens (tertiary/aromatic N) is 3. The zero-order chi connectivity index (χ0) is 22.5. The number of nitrogens with two attached hydrogens (primary N) is 1. The van der Waals surface area contributed by atoms with Crippen LogP contribution in [0, 0.1) is 0 Å². The first-order valence-corrected chi connectivity index (χ1v) is 11.4. The summed E-state index contributed by atoms with van der Waals surface area (Å²) >= 11 is 0. The second kappa shape index (κ2) is 10.1. The third kappa shape index (κ3) is 4.79. The van der Waals surface area contributed by atoms with Crippen LogP contribution in [0.2, 0.25) is 0 Å². The van der Waals surface area contributed by atoms with E-state index in [9.17, 15) is 0 Å². The number of hydrogen-bond acceptors (Lipinski definition) is 7. The quantitative estimate of drug-likeness (QED) is 0.529. The van der Waals surface area contributed by atoms with Gasteiger partial charge in [0.05, 0.1) is 7.11 Å². The summed E-state index contributed by atoms with van der Waals surface area (Å²) in [5.41, 5.74) is 10.5. The smallest absolute Gasteiger partial charge is 0.258 e. The Balaban J connectivity index is 1.50. The molecule has 4 rings (SSSR count). The standard InChI is InChI=1S/C25H32N4O3/c1-4-29(5-2)13-14-31-22-12-10-18(16-23(22)30-3)24-27-25(32-28-24)19-9-11-20-17(15-19)7-6-8-21(20)26/h9-12,15-16,21H,4-8,13-14,26H2,1-3H3. The normalized spacial score (nSPS) is 15.6. The van der Waals surface area contributed by atoms with E-state index < -0.39 is 0 Å². The van der Waals surface area contributed by atoms with Gasteiger partial charge in [0.2, 0.25) is 5.82 Å². The first kappa shape index (κ1) is 22.3. The van der Waals surface area contributed by atoms with Crippen molar-refractivity contribution in [2.24, 2.45) is 5.73 Å². The molecule has 0 aliphatic heterocycles. The van der Waals surface area contributed by atoms with Crippen LogP contribution in [0.1, 0.15) is 43.9 Å². The van der Waals surface area contributed by atoms with E-state index in [1.54, 1.807) is 7.11 Å². The van der Waals surface area contributed by atoms with Crippen LogP contribution in [0.25, 0.3) is 22.8 Å². The van der Waals surface area contributed by atoms with Crippen LogP contribution in [0.15, 0.2) is 40.9 Å². The Morgan fingerprint density at radius 1 is 1.09 bits per heavy atom. The molecule has 7 nitrogen and oxygen atoms in total. The average Bonchev–Trinajstić information content (AvgIpc) is 3.32. The van der Waals surface area contributed by atoms with Crippen molar-refractivity contribution in [3.05, 3.63) is 47.5 Å². The van der Waals surface area contributed by atoms with Crippen molar-refractivity contribution in [3.8, 4) is 34.3 Å². The van der Waals surface area contributed by atoms with Crippen LogP contribution < -0.4 is 15.2 Å². The van der Waals surface area contributed by atoms with E-state index >= 15 is 0 Å². The second-order valence-corrected chi connectivity index (χ2v) is 8.08. The molecule has 1 aliphatic carbocycles. The topological polar surface area (TPSA) is 86.6 Å². The molecular weight excluding hydrogens is 404 g/mol. The second-order valence-electron chi connectivity index (χ2n) is 8.08. The van der Waals surface area contributed by atoms with Crippen LogP contribution in [-0.4, -0.2) is 48.4 Å². The number of rotatable bonds is 9. The molecule has 2 N–H and O–H groups in total. The Labute approximate surface area is 189 Å². The zero-order valence-electron chi connectivity index (χ0n) is 19.1. The van der Waals surface area contributed by atoms with E-state index in [1.807, 2.05) is 24.3 Å². The van der Waals surface area contributed by atoms with Crippen molar-refractivity contribution in [1.29, 1.82) is 0 Å². The lowest BCUT2D eigenvalue weighted by atomic mass is 9.87. The largest absolute Gasteiger partial charge is 0.493 e. The predicted molar refractivity (Wildman–Crippen MR) is 125 cm³/mol. The van der Waals surface area contributed by atoms with Gasteiger partial charge in [0, 0.05) is 23.7 Å². The number of likely N-dealkylation sites (N-methyl/N-ethyl adjacent to an activating group) is 1. The van der Waals surface area contributed by atoms with Crippen molar-refractivity contribution < 1.29 is 14.0 Å². The fourth-order valence-corrected chi connectivity index (χ4v) is 4.19. The number of benzene rings is 2. The SMILES string of the molecule is CCN(CC)CCOc1ccc(-c2noc(-c3ccc4c(c3)CCCC4N)n2)cc1OC. The third-order valence-electron chi connectivity index (χ3n) is 6.16. The van der Waals surface area contributed by atoms with Crippen molar-refractivity contribution in [3.63, 3.8) is 0 Å². The van der Waals surface area contributed by atoms with Gasteiger partial charge in [-0.2, -0.15) is 4.98 Å². The van der Waals surface area contributed by atoms with Crippen LogP contribution in [0.3, 0.4) is 0 Å². The molecular formula is C25H32N4O3. The van der Waals surface area contributed by atoms with Gasteiger partial charge in [0.15, 0.2) is 11.5 Å². The molecule has 0 spiro atoms. The summed E-state index contributed by atoms with van der Waals surface area (Å²) in [7, 11) is 1.63. The summed E-state index contributed by atoms with van der Waals surface area (Å²) in [6.07, 6.45) is 3.18. The number of methoxy groups -OCH3 is 1. The highest BCUT2D eigenvalue weighted by molar-refractivity contribution is 5.64. The van der Waals surface area contributed by atoms with E-state index in [1.165, 1.54) is 11.1 Å². The highest BCUT2D eigenvalue weighted by Gasteiger charge is 2.19. The zero-order valence-corrected chi connectivity index (χ0v) is 19.1. The van der Waals surface area contributed by atoms with Crippen LogP contribution >= 0.6 is 0 Å². The maximum Gasteiger partial charge on any atom is 0.258 e. The minimum atomic E-state index is 0.117. The minimum Gasteiger partial charge on any atom is -0.493 e. The first-order valence-electron chi connectivity index (χ1n) is 11.4. The van der Waals surface area contributed by atoms with Crippen LogP contribution in [-0.2, 0) is 6.42 Å². The molecule has 1 heterocycles. The van der Waals surface area contributed by atoms with E-state index in [2.05, 4.69) is 41.0 Å². The number of fused-ring (bicyclic) bond motifs is 1. The Morgan fingerprint density at radius 2 is 1.91 bits per heavy atom. The summed E-state index contributed by atoms with van der Waals surface area (Å²) in [4.78, 5) is 6.93. The van der Waals surface area contributed by atoms with E-state index in [0.717, 1.165) is 50.0 Å². The van der Waals surface area contributed by atoms with E-state index in [0.29, 0.717) is 29.8 Å². The highest BCUT2D eigenvalue weighted by Crippen LogP contribution is 2.34. The molecule has 2 aromatic carbocycles. The fourth-order valence-electron chi connectivity index (χ4n) is 4.19. The molecule has 1 aromatic heterocycles. The van der Waals surface area contributed by atoms with E-state index in [-0.39, 0.29) is 6.04 Å². The Morgan fingerprint density at radius 3 is 2.69 bits per heavy atom. The summed E-state index contributed by atoms with van der Waals surface area (Å²) in [6.45, 7) is 7.79. The van der Waals surface area contributed by atoms with Crippen molar-refractivity contribution in [1.82, 2.24) is 15.0 Å². The molecule has 0 saturated heterocycles. The van der Waals surface area contributed by atoms with Gasteiger partial charge in [0.25, 0.3) is 5.89 Å². The predicted octanol–water partition coefficient (Wildman–Crippen LogP) is 4.47. The Bertz CT molecular complexity index is 1050. The lowest BCUT2D eigenvalue weighted by Crippen LogP contribution is -2.27. The van der Waals surface area contributed by atoms with Crippen molar-refractivity contribution >= 4 is 0 Å². The maximum absolute atomic E-state index is 6.24. The summed E-state index contributed by atoms with van der Waals surface area (Å²) < 4.78 is 17.1. The molecule has 32 heavy (non-hydrogen) atoms. The van der Waals surface area contributed by atoms with Gasteiger partial charge in [0.1, 0.15) is 6.61 Å². The van der Waals surface area contributed by atoms with Gasteiger partial charge in [-0.15, -0.1) is 0 Å². The summed E-state index contributed by atoms with van der Waals surface area (Å²) in [6, 6.07) is 12.0. The number of aromatic nitrogens is 2. The van der Waals surface area contributed by atoms with Gasteiger partial charge < -0.3 is 24.6 Å². The molecule has 7 heteroatoms. The number of ether oxygens (including phenoxy) is 2. The molecule has 1 atom stereocenters. The Kier molecular flexibility index (Phi) is 7.07. The van der Waals surface area contributed by atoms with Gasteiger partial charge in [-0.25, -0.2) is 0 Å². The monoisotopic (exact) mass is 436 g/mol. The number of hydrogen-bond donors (Lipinski definition) is 1. The van der Waals surface area contributed by atoms with E-state index in [4.69, 9.17) is 19.7 Å². The third-order valence-corrected chi connectivity index (χ3v) is 6.16. The van der Waals surface area contributed by atoms with Crippen molar-refractivity contribution in [2.45, 2.75) is 39.2 Å². The molecule has 0 fully saturated rings. The maximum atomic E-state index is 6.24. The Hall–Kier alpha value is -2.90. The average molecular weight is 437 g/mol. The summed E-state index contributed by atoms with van der Waals surface area (Å²) in [5.74, 6) is 2.37. The first-order chi connectivity index (χ1) is 15.6. The summed E-state index contributed by atoms with van der Waals surface area (Å²) in [5, 5.41) is 4.19. The molecule has 1 unspecified atom stereocenters. The fraction of sp³-hybridized carbons (Fsp3) is 0.440. The van der Waals surface area contributed by atoms with Gasteiger partial charge in [-0.1, -0.05) is 25.1 Å². The number of aryl methyl sites for hydroxylation is 1.